The summed E-state index contributed by atoms with van der Waals surface area (Å²) in [7, 11) is 0. The van der Waals surface area contributed by atoms with Gasteiger partial charge in [0.15, 0.2) is 17.4 Å². The quantitative estimate of drug-likeness (QED) is 0.239. The third kappa shape index (κ3) is 7.39. The molecule has 1 amide bonds. The Morgan fingerprint density at radius 2 is 1.62 bits per heavy atom. The molecule has 0 aliphatic heterocycles. The number of phenols is 1. The smallest absolute Gasteiger partial charge is 0.490 e. The van der Waals surface area contributed by atoms with Gasteiger partial charge < -0.3 is 15.5 Å². The predicted molar refractivity (Wildman–Crippen MR) is 143 cm³/mol. The summed E-state index contributed by atoms with van der Waals surface area (Å²) in [6.45, 7) is 2.41. The average molecular weight is 591 g/mol. The lowest BCUT2D eigenvalue weighted by Crippen LogP contribution is -2.31. The number of aromatic nitrogens is 3. The number of carbonyl (C=O) groups excluding carboxylic acids is 1. The fraction of sp³-hybridized carbons (Fsp3) is 0.310. The van der Waals surface area contributed by atoms with Crippen LogP contribution in [0.3, 0.4) is 0 Å². The number of amides is 1. The summed E-state index contributed by atoms with van der Waals surface area (Å²) in [5.74, 6) is -6.39. The van der Waals surface area contributed by atoms with Gasteiger partial charge in [-0.1, -0.05) is 12.1 Å². The van der Waals surface area contributed by atoms with E-state index in [-0.39, 0.29) is 11.5 Å². The third-order valence-electron chi connectivity index (χ3n) is 7.02. The van der Waals surface area contributed by atoms with Crippen LogP contribution in [0.4, 0.5) is 22.0 Å². The van der Waals surface area contributed by atoms with Crippen molar-refractivity contribution in [1.29, 1.82) is 0 Å². The molecule has 0 unspecified atom stereocenters. The van der Waals surface area contributed by atoms with E-state index in [4.69, 9.17) is 15.0 Å². The van der Waals surface area contributed by atoms with E-state index in [0.717, 1.165) is 65.5 Å². The van der Waals surface area contributed by atoms with Gasteiger partial charge in [-0.3, -0.25) is 14.5 Å². The Morgan fingerprint density at radius 3 is 2.21 bits per heavy atom. The number of carboxylic acid groups (broad SMARTS) is 1. The van der Waals surface area contributed by atoms with E-state index in [1.165, 1.54) is 0 Å². The van der Waals surface area contributed by atoms with Crippen LogP contribution < -0.4 is 5.32 Å². The summed E-state index contributed by atoms with van der Waals surface area (Å²) in [4.78, 5) is 25.5. The number of nitrogens with zero attached hydrogens (tertiary/aromatic N) is 3. The Morgan fingerprint density at radius 1 is 1.00 bits per heavy atom. The van der Waals surface area contributed by atoms with Crippen molar-refractivity contribution in [2.24, 2.45) is 5.92 Å². The highest BCUT2D eigenvalue weighted by Gasteiger charge is 2.38. The number of hydrogen-bond donors (Lipinski definition) is 3. The summed E-state index contributed by atoms with van der Waals surface area (Å²) in [6.07, 6.45) is 2.54. The summed E-state index contributed by atoms with van der Waals surface area (Å²) < 4.78 is 60.8. The van der Waals surface area contributed by atoms with Crippen molar-refractivity contribution in [2.75, 3.05) is 6.54 Å². The maximum atomic E-state index is 13.5. The Kier molecular flexibility index (Phi) is 9.08. The van der Waals surface area contributed by atoms with Crippen molar-refractivity contribution < 1.29 is 41.8 Å². The van der Waals surface area contributed by atoms with Crippen molar-refractivity contribution in [2.45, 2.75) is 44.8 Å². The second kappa shape index (κ2) is 12.5. The number of aryl methyl sites for hydroxylation is 1. The maximum Gasteiger partial charge on any atom is 0.490 e. The van der Waals surface area contributed by atoms with Crippen LogP contribution in [-0.2, 0) is 4.79 Å². The lowest BCUT2D eigenvalue weighted by molar-refractivity contribution is -0.192. The number of carbonyl (C=O) groups is 2. The maximum absolute atomic E-state index is 13.5. The number of pyridine rings is 1. The molecule has 2 heterocycles. The fourth-order valence-electron chi connectivity index (χ4n) is 4.78. The molecule has 2 aromatic heterocycles. The Balaban J connectivity index is 0.000000517. The van der Waals surface area contributed by atoms with Gasteiger partial charge in [0.25, 0.3) is 5.91 Å². The molecule has 13 heteroatoms. The molecule has 1 saturated carbocycles. The van der Waals surface area contributed by atoms with Crippen molar-refractivity contribution in [1.82, 2.24) is 20.1 Å². The molecule has 2 aromatic carbocycles. The highest BCUT2D eigenvalue weighted by Crippen LogP contribution is 2.33. The molecule has 1 fully saturated rings. The van der Waals surface area contributed by atoms with Crippen LogP contribution in [0.25, 0.3) is 22.0 Å². The minimum Gasteiger partial charge on any atom is -0.503 e. The minimum atomic E-state index is -5.08. The van der Waals surface area contributed by atoms with Gasteiger partial charge in [0.1, 0.15) is 0 Å². The van der Waals surface area contributed by atoms with E-state index in [1.54, 1.807) is 0 Å². The Hall–Kier alpha value is -4.55. The molecule has 4 aromatic rings. The Bertz CT molecular complexity index is 1570. The lowest BCUT2D eigenvalue weighted by atomic mass is 9.86. The van der Waals surface area contributed by atoms with Crippen molar-refractivity contribution in [3.63, 3.8) is 0 Å². The molecule has 1 aliphatic rings. The average Bonchev–Trinajstić information content (AvgIpc) is 3.38. The number of benzene rings is 2. The molecule has 0 spiro atoms. The summed E-state index contributed by atoms with van der Waals surface area (Å²) in [6, 6.07) is 12.3. The zero-order chi connectivity index (χ0) is 30.6. The predicted octanol–water partition coefficient (Wildman–Crippen LogP) is 6.19. The second-order valence-electron chi connectivity index (χ2n) is 10.0. The van der Waals surface area contributed by atoms with Crippen LogP contribution in [0.5, 0.6) is 5.75 Å². The largest absolute Gasteiger partial charge is 0.503 e. The highest BCUT2D eigenvalue weighted by molar-refractivity contribution is 5.94. The first-order valence-electron chi connectivity index (χ1n) is 13.0. The van der Waals surface area contributed by atoms with Crippen LogP contribution in [0.1, 0.15) is 47.8 Å². The van der Waals surface area contributed by atoms with Crippen LogP contribution in [-0.4, -0.2) is 49.6 Å². The van der Waals surface area contributed by atoms with Crippen molar-refractivity contribution in [3.8, 4) is 16.9 Å². The van der Waals surface area contributed by atoms with Gasteiger partial charge in [-0.2, -0.15) is 18.3 Å². The molecule has 1 aliphatic carbocycles. The van der Waals surface area contributed by atoms with E-state index in [0.29, 0.717) is 12.6 Å². The summed E-state index contributed by atoms with van der Waals surface area (Å²) in [5.41, 5.74) is 4.02. The van der Waals surface area contributed by atoms with Gasteiger partial charge in [-0.05, 0) is 80.0 Å². The number of phenolic OH excluding ortho intramolecular Hbond substituents is 1. The Labute approximate surface area is 236 Å². The molecular weight excluding hydrogens is 563 g/mol. The van der Waals surface area contributed by atoms with Crippen molar-refractivity contribution in [3.05, 3.63) is 77.8 Å². The van der Waals surface area contributed by atoms with E-state index in [9.17, 15) is 31.9 Å². The summed E-state index contributed by atoms with van der Waals surface area (Å²) in [5, 5.41) is 25.0. The first-order valence-corrected chi connectivity index (χ1v) is 13.0. The van der Waals surface area contributed by atoms with Gasteiger partial charge in [-0.15, -0.1) is 0 Å². The van der Waals surface area contributed by atoms with Crippen LogP contribution in [0.15, 0.2) is 54.9 Å². The number of halogens is 5. The fourth-order valence-corrected chi connectivity index (χ4v) is 4.78. The second-order valence-corrected chi connectivity index (χ2v) is 10.0. The zero-order valence-corrected chi connectivity index (χ0v) is 22.3. The van der Waals surface area contributed by atoms with E-state index in [2.05, 4.69) is 45.4 Å². The molecule has 0 saturated heterocycles. The standard InChI is InChI=1S/C27H26F2N4O2.C2HF3O2/c1-16-10-19(8-9-30-16)18-4-5-20-15-33(32-25(20)13-18)22-6-2-17(3-7-22)14-31-27(35)21-11-23(28)26(34)24(29)12-21;3-2(4,5)1(6)7/h4-5,8-13,15,17,22,34H,2-3,6-7,14H2,1H3,(H,31,35);(H,6,7). The molecule has 222 valence electrons. The zero-order valence-electron chi connectivity index (χ0n) is 22.3. The van der Waals surface area contributed by atoms with Gasteiger partial charge in [0.2, 0.25) is 0 Å². The van der Waals surface area contributed by atoms with Crippen LogP contribution >= 0.6 is 0 Å². The topological polar surface area (TPSA) is 117 Å². The number of aromatic hydroxyl groups is 1. The first kappa shape index (κ1) is 30.4. The number of fused-ring (bicyclic) bond motifs is 1. The van der Waals surface area contributed by atoms with Gasteiger partial charge >= 0.3 is 12.1 Å². The first-order chi connectivity index (χ1) is 19.8. The van der Waals surface area contributed by atoms with Crippen LogP contribution in [0.2, 0.25) is 0 Å². The lowest BCUT2D eigenvalue weighted by Gasteiger charge is -2.28. The molecule has 42 heavy (non-hydrogen) atoms. The summed E-state index contributed by atoms with van der Waals surface area (Å²) >= 11 is 0. The number of aliphatic carboxylic acids is 1. The third-order valence-corrected chi connectivity index (χ3v) is 7.02. The number of carboxylic acids is 1. The van der Waals surface area contributed by atoms with Crippen molar-refractivity contribution >= 4 is 22.8 Å². The molecule has 8 nitrogen and oxygen atoms in total. The molecule has 5 rings (SSSR count). The molecular formula is C29H27F5N4O4. The number of alkyl halides is 3. The highest BCUT2D eigenvalue weighted by atomic mass is 19.4. The molecule has 0 radical (unpaired) electrons. The normalized spacial score (nSPS) is 16.9. The van der Waals surface area contributed by atoms with Gasteiger partial charge in [0.05, 0.1) is 11.6 Å². The van der Waals surface area contributed by atoms with Gasteiger partial charge in [0, 0.05) is 35.6 Å². The van der Waals surface area contributed by atoms with E-state index < -0.39 is 35.4 Å². The molecule has 0 atom stereocenters. The number of hydrogen-bond acceptors (Lipinski definition) is 5. The van der Waals surface area contributed by atoms with E-state index >= 15 is 0 Å². The van der Waals surface area contributed by atoms with Gasteiger partial charge in [-0.25, -0.2) is 13.6 Å². The van der Waals surface area contributed by atoms with E-state index in [1.807, 2.05) is 19.2 Å². The monoisotopic (exact) mass is 590 g/mol. The molecule has 0 bridgehead atoms. The van der Waals surface area contributed by atoms with Crippen LogP contribution in [0, 0.1) is 24.5 Å². The number of rotatable bonds is 5. The number of nitrogens with one attached hydrogen (secondary N) is 1. The molecule has 3 N–H and O–H groups in total. The SMILES string of the molecule is Cc1cc(-c2ccc3cn(C4CCC(CNC(=O)c5cc(F)c(O)c(F)c5)CC4)nc3c2)ccn1.O=C(O)C(F)(F)F. The minimum absolute atomic E-state index is 0.143.